The molecule has 5 heteroatoms. The van der Waals surface area contributed by atoms with E-state index >= 15 is 0 Å². The van der Waals surface area contributed by atoms with Gasteiger partial charge in [0.15, 0.2) is 11.6 Å². The first-order valence-electron chi connectivity index (χ1n) is 6.46. The van der Waals surface area contributed by atoms with Crippen LogP contribution in [0.3, 0.4) is 0 Å². The number of rotatable bonds is 5. The van der Waals surface area contributed by atoms with Crippen molar-refractivity contribution in [2.24, 2.45) is 0 Å². The van der Waals surface area contributed by atoms with Gasteiger partial charge in [0.05, 0.1) is 0 Å². The molecule has 0 saturated carbocycles. The van der Waals surface area contributed by atoms with E-state index in [2.05, 4.69) is 11.3 Å². The molecule has 22 heavy (non-hydrogen) atoms. The molecule has 0 bridgehead atoms. The Morgan fingerprint density at radius 2 is 2.14 bits per heavy atom. The maximum absolute atomic E-state index is 13.8. The summed E-state index contributed by atoms with van der Waals surface area (Å²) in [5, 5.41) is 0. The lowest BCUT2D eigenvalue weighted by molar-refractivity contribution is -0.133. The minimum Gasteiger partial charge on any atom is -0.426 e. The van der Waals surface area contributed by atoms with Gasteiger partial charge in [-0.25, -0.2) is 9.18 Å². The third kappa shape index (κ3) is 3.79. The van der Waals surface area contributed by atoms with Gasteiger partial charge in [0.1, 0.15) is 5.76 Å². The quantitative estimate of drug-likeness (QED) is 0.475. The van der Waals surface area contributed by atoms with Crippen LogP contribution < -0.4 is 4.74 Å². The second-order valence-electron chi connectivity index (χ2n) is 4.35. The van der Waals surface area contributed by atoms with Crippen molar-refractivity contribution in [3.05, 3.63) is 72.3 Å². The molecule has 0 heterocycles. The minimum absolute atomic E-state index is 0.125. The molecule has 2 rings (SSSR count). The molecule has 0 saturated heterocycles. The average Bonchev–Trinajstić information content (AvgIpc) is 2.75. The van der Waals surface area contributed by atoms with Crippen molar-refractivity contribution < 1.29 is 23.5 Å². The SMILES string of the molecule is C=CC(=O)OC1=CC=C(c2ccc(OC=O)c(F)c2)CC=C1. The Morgan fingerprint density at radius 3 is 2.82 bits per heavy atom. The summed E-state index contributed by atoms with van der Waals surface area (Å²) >= 11 is 0. The summed E-state index contributed by atoms with van der Waals surface area (Å²) in [5.74, 6) is -0.920. The minimum atomic E-state index is -0.624. The highest BCUT2D eigenvalue weighted by Gasteiger charge is 2.09. The summed E-state index contributed by atoms with van der Waals surface area (Å²) < 4.78 is 23.3. The maximum Gasteiger partial charge on any atom is 0.335 e. The normalized spacial score (nSPS) is 13.5. The van der Waals surface area contributed by atoms with Gasteiger partial charge in [-0.15, -0.1) is 0 Å². The zero-order valence-electron chi connectivity index (χ0n) is 11.6. The van der Waals surface area contributed by atoms with Crippen molar-refractivity contribution >= 4 is 18.0 Å². The van der Waals surface area contributed by atoms with Crippen LogP contribution in [0.4, 0.5) is 4.39 Å². The first-order chi connectivity index (χ1) is 10.6. The molecule has 0 aromatic heterocycles. The smallest absolute Gasteiger partial charge is 0.335 e. The van der Waals surface area contributed by atoms with E-state index in [-0.39, 0.29) is 12.2 Å². The molecular formula is C17H13FO4. The molecule has 1 aliphatic carbocycles. The van der Waals surface area contributed by atoms with E-state index in [4.69, 9.17) is 4.74 Å². The summed E-state index contributed by atoms with van der Waals surface area (Å²) in [7, 11) is 0. The van der Waals surface area contributed by atoms with Gasteiger partial charge in [0, 0.05) is 6.08 Å². The molecule has 0 atom stereocenters. The first-order valence-corrected chi connectivity index (χ1v) is 6.46. The highest BCUT2D eigenvalue weighted by atomic mass is 19.1. The Hall–Kier alpha value is -2.95. The molecule has 1 aromatic carbocycles. The molecule has 1 aliphatic rings. The lowest BCUT2D eigenvalue weighted by atomic mass is 10.0. The average molecular weight is 300 g/mol. The van der Waals surface area contributed by atoms with Crippen molar-refractivity contribution in [2.45, 2.75) is 6.42 Å². The monoisotopic (exact) mass is 300 g/mol. The van der Waals surface area contributed by atoms with Crippen molar-refractivity contribution in [1.82, 2.24) is 0 Å². The van der Waals surface area contributed by atoms with E-state index in [1.165, 1.54) is 12.1 Å². The Morgan fingerprint density at radius 1 is 1.32 bits per heavy atom. The van der Waals surface area contributed by atoms with Gasteiger partial charge in [0.2, 0.25) is 0 Å². The Balaban J connectivity index is 2.24. The van der Waals surface area contributed by atoms with E-state index in [0.29, 0.717) is 17.7 Å². The molecule has 0 unspecified atom stereocenters. The zero-order chi connectivity index (χ0) is 15.9. The number of hydrogen-bond donors (Lipinski definition) is 0. The van der Waals surface area contributed by atoms with E-state index in [1.54, 1.807) is 30.4 Å². The fourth-order valence-electron chi connectivity index (χ4n) is 1.90. The summed E-state index contributed by atoms with van der Waals surface area (Å²) in [6.07, 6.45) is 8.43. The highest BCUT2D eigenvalue weighted by molar-refractivity contribution is 5.82. The lowest BCUT2D eigenvalue weighted by Gasteiger charge is -2.06. The Kier molecular flexibility index (Phi) is 5.03. The summed E-state index contributed by atoms with van der Waals surface area (Å²) in [5.41, 5.74) is 1.48. The van der Waals surface area contributed by atoms with Crippen LogP contribution in [0.5, 0.6) is 5.75 Å². The molecule has 1 aromatic rings. The van der Waals surface area contributed by atoms with E-state index < -0.39 is 11.8 Å². The number of halogens is 1. The predicted molar refractivity (Wildman–Crippen MR) is 79.2 cm³/mol. The van der Waals surface area contributed by atoms with Gasteiger partial charge in [-0.05, 0) is 41.8 Å². The van der Waals surface area contributed by atoms with Crippen LogP contribution in [0, 0.1) is 5.82 Å². The van der Waals surface area contributed by atoms with Gasteiger partial charge in [-0.3, -0.25) is 4.79 Å². The van der Waals surface area contributed by atoms with Gasteiger partial charge in [0.25, 0.3) is 6.47 Å². The third-order valence-corrected chi connectivity index (χ3v) is 2.93. The number of carbonyl (C=O) groups is 2. The fourth-order valence-corrected chi connectivity index (χ4v) is 1.90. The van der Waals surface area contributed by atoms with Crippen molar-refractivity contribution in [3.63, 3.8) is 0 Å². The van der Waals surface area contributed by atoms with Crippen molar-refractivity contribution in [2.75, 3.05) is 0 Å². The van der Waals surface area contributed by atoms with Crippen LogP contribution >= 0.6 is 0 Å². The molecule has 0 aliphatic heterocycles. The van der Waals surface area contributed by atoms with Gasteiger partial charge >= 0.3 is 5.97 Å². The molecule has 0 radical (unpaired) electrons. The van der Waals surface area contributed by atoms with E-state index in [1.807, 2.05) is 0 Å². The lowest BCUT2D eigenvalue weighted by Crippen LogP contribution is -1.97. The largest absolute Gasteiger partial charge is 0.426 e. The molecule has 0 N–H and O–H groups in total. The summed E-state index contributed by atoms with van der Waals surface area (Å²) in [6.45, 7) is 3.50. The van der Waals surface area contributed by atoms with Crippen LogP contribution in [0.1, 0.15) is 12.0 Å². The molecular weight excluding hydrogens is 287 g/mol. The van der Waals surface area contributed by atoms with Gasteiger partial charge in [-0.1, -0.05) is 24.8 Å². The molecule has 0 fully saturated rings. The summed E-state index contributed by atoms with van der Waals surface area (Å²) in [6, 6.07) is 4.32. The van der Waals surface area contributed by atoms with Crippen molar-refractivity contribution in [3.8, 4) is 5.75 Å². The highest BCUT2D eigenvalue weighted by Crippen LogP contribution is 2.26. The first kappa shape index (κ1) is 15.4. The molecule has 0 amide bonds. The number of allylic oxidation sites excluding steroid dienone is 5. The fraction of sp³-hybridized carbons (Fsp3) is 0.0588. The number of hydrogen-bond acceptors (Lipinski definition) is 4. The number of esters is 1. The van der Waals surface area contributed by atoms with Crippen LogP contribution in [0.2, 0.25) is 0 Å². The molecule has 4 nitrogen and oxygen atoms in total. The second kappa shape index (κ2) is 7.17. The third-order valence-electron chi connectivity index (χ3n) is 2.93. The Bertz CT molecular complexity index is 699. The van der Waals surface area contributed by atoms with Gasteiger partial charge in [-0.2, -0.15) is 0 Å². The number of carbonyl (C=O) groups excluding carboxylic acids is 2. The maximum atomic E-state index is 13.8. The molecule has 112 valence electrons. The standard InChI is InChI=1S/C17H13FO4/c1-2-17(20)22-14-5-3-4-12(6-8-14)13-7-9-16(21-11-19)15(18)10-13/h2-3,5-11H,1,4H2. The topological polar surface area (TPSA) is 52.6 Å². The van der Waals surface area contributed by atoms with Gasteiger partial charge < -0.3 is 9.47 Å². The number of ether oxygens (including phenoxy) is 2. The van der Waals surface area contributed by atoms with Crippen LogP contribution in [0.25, 0.3) is 5.57 Å². The summed E-state index contributed by atoms with van der Waals surface area (Å²) in [4.78, 5) is 21.4. The zero-order valence-corrected chi connectivity index (χ0v) is 11.6. The number of benzene rings is 1. The Labute approximate surface area is 126 Å². The molecule has 0 spiro atoms. The van der Waals surface area contributed by atoms with E-state index in [9.17, 15) is 14.0 Å². The van der Waals surface area contributed by atoms with Crippen LogP contribution in [-0.4, -0.2) is 12.4 Å². The predicted octanol–water partition coefficient (Wildman–Crippen LogP) is 3.32. The van der Waals surface area contributed by atoms with Crippen LogP contribution in [0.15, 0.2) is 60.9 Å². The van der Waals surface area contributed by atoms with Crippen LogP contribution in [-0.2, 0) is 14.3 Å². The van der Waals surface area contributed by atoms with E-state index in [0.717, 1.165) is 11.6 Å². The van der Waals surface area contributed by atoms with Crippen molar-refractivity contribution in [1.29, 1.82) is 0 Å². The second-order valence-corrected chi connectivity index (χ2v) is 4.35.